The summed E-state index contributed by atoms with van der Waals surface area (Å²) in [6.07, 6.45) is -0.905. The summed E-state index contributed by atoms with van der Waals surface area (Å²) in [7, 11) is 3.14. The molecule has 1 saturated heterocycles. The normalized spacial score (nSPS) is 15.3. The molecule has 1 unspecified atom stereocenters. The van der Waals surface area contributed by atoms with Gasteiger partial charge in [0.1, 0.15) is 24.2 Å². The van der Waals surface area contributed by atoms with Gasteiger partial charge in [-0.3, -0.25) is 14.3 Å². The van der Waals surface area contributed by atoms with Crippen LogP contribution in [-0.4, -0.2) is 70.2 Å². The number of aliphatic hydroxyl groups is 1. The molecule has 2 aromatic heterocycles. The number of aromatic amines is 1. The predicted molar refractivity (Wildman–Crippen MR) is 115 cm³/mol. The van der Waals surface area contributed by atoms with Gasteiger partial charge >= 0.3 is 5.69 Å². The van der Waals surface area contributed by atoms with Crippen molar-refractivity contribution < 1.29 is 14.6 Å². The fourth-order valence-electron chi connectivity index (χ4n) is 3.63. The lowest BCUT2D eigenvalue weighted by atomic mass is 10.3. The highest BCUT2D eigenvalue weighted by atomic mass is 16.5. The smallest absolute Gasteiger partial charge is 0.329 e. The summed E-state index contributed by atoms with van der Waals surface area (Å²) < 4.78 is 13.8. The van der Waals surface area contributed by atoms with Crippen molar-refractivity contribution in [2.45, 2.75) is 12.6 Å². The number of nitrogens with one attached hydrogen (secondary N) is 2. The Morgan fingerprint density at radius 1 is 1.16 bits per heavy atom. The van der Waals surface area contributed by atoms with Gasteiger partial charge < -0.3 is 29.4 Å². The van der Waals surface area contributed by atoms with Gasteiger partial charge in [0.25, 0.3) is 5.56 Å². The molecule has 166 valence electrons. The largest absolute Gasteiger partial charge is 0.497 e. The number of nitrogens with zero attached hydrogens (tertiary/aromatic N) is 4. The lowest BCUT2D eigenvalue weighted by Crippen LogP contribution is -2.45. The molecule has 0 aliphatic carbocycles. The molecule has 0 radical (unpaired) electrons. The van der Waals surface area contributed by atoms with Crippen molar-refractivity contribution in [1.29, 1.82) is 0 Å². The molecule has 0 amide bonds. The van der Waals surface area contributed by atoms with E-state index in [0.29, 0.717) is 30.5 Å². The van der Waals surface area contributed by atoms with Crippen LogP contribution >= 0.6 is 0 Å². The SMILES string of the molecule is COc1ccc(OCC(O)Cn2c(N3CCNCC3)nc3c2c(=O)[nH]c(=O)n3C)cc1. The molecule has 4 rings (SSSR count). The second-order valence-electron chi connectivity index (χ2n) is 7.39. The van der Waals surface area contributed by atoms with Crippen LogP contribution in [0.5, 0.6) is 11.5 Å². The molecule has 1 aliphatic rings. The van der Waals surface area contributed by atoms with Crippen LogP contribution in [0.2, 0.25) is 0 Å². The molecule has 0 spiro atoms. The number of imidazole rings is 1. The molecule has 0 saturated carbocycles. The monoisotopic (exact) mass is 430 g/mol. The number of rotatable bonds is 7. The highest BCUT2D eigenvalue weighted by Crippen LogP contribution is 2.21. The van der Waals surface area contributed by atoms with Gasteiger partial charge in [0.15, 0.2) is 11.2 Å². The number of benzene rings is 1. The first-order chi connectivity index (χ1) is 15.0. The molecule has 31 heavy (non-hydrogen) atoms. The van der Waals surface area contributed by atoms with Crippen LogP contribution in [0, 0.1) is 0 Å². The third-order valence-electron chi connectivity index (χ3n) is 5.28. The van der Waals surface area contributed by atoms with Gasteiger partial charge in [0.2, 0.25) is 5.95 Å². The van der Waals surface area contributed by atoms with Gasteiger partial charge in [-0.1, -0.05) is 0 Å². The number of aryl methyl sites for hydroxylation is 1. The number of hydrogen-bond acceptors (Lipinski definition) is 8. The van der Waals surface area contributed by atoms with Crippen molar-refractivity contribution in [3.8, 4) is 11.5 Å². The topological polar surface area (TPSA) is 127 Å². The maximum Gasteiger partial charge on any atom is 0.329 e. The van der Waals surface area contributed by atoms with Crippen LogP contribution in [0.15, 0.2) is 33.9 Å². The lowest BCUT2D eigenvalue weighted by Gasteiger charge is -2.29. The summed E-state index contributed by atoms with van der Waals surface area (Å²) in [5, 5.41) is 13.9. The minimum atomic E-state index is -0.905. The number of aromatic nitrogens is 4. The molecule has 1 atom stereocenters. The highest BCUT2D eigenvalue weighted by Gasteiger charge is 2.24. The maximum atomic E-state index is 12.6. The minimum absolute atomic E-state index is 0.0245. The zero-order valence-electron chi connectivity index (χ0n) is 17.5. The van der Waals surface area contributed by atoms with Gasteiger partial charge in [-0.05, 0) is 24.3 Å². The Morgan fingerprint density at radius 2 is 1.84 bits per heavy atom. The van der Waals surface area contributed by atoms with E-state index in [0.717, 1.165) is 13.1 Å². The molecule has 3 N–H and O–H groups in total. The molecule has 0 bridgehead atoms. The lowest BCUT2D eigenvalue weighted by molar-refractivity contribution is 0.0936. The molecule has 1 fully saturated rings. The first kappa shape index (κ1) is 20.9. The third kappa shape index (κ3) is 4.28. The molecule has 1 aliphatic heterocycles. The number of piperazine rings is 1. The Balaban J connectivity index is 1.62. The van der Waals surface area contributed by atoms with Crippen LogP contribution in [0.25, 0.3) is 11.2 Å². The molecular formula is C20H26N6O5. The maximum absolute atomic E-state index is 12.6. The summed E-state index contributed by atoms with van der Waals surface area (Å²) in [6.45, 7) is 3.08. The highest BCUT2D eigenvalue weighted by molar-refractivity contribution is 5.74. The number of aliphatic hydroxyl groups excluding tert-OH is 1. The van der Waals surface area contributed by atoms with E-state index in [1.54, 1.807) is 43.0 Å². The Morgan fingerprint density at radius 3 is 2.52 bits per heavy atom. The molecule has 3 heterocycles. The molecule has 3 aromatic rings. The van der Waals surface area contributed by atoms with Crippen LogP contribution in [0.1, 0.15) is 0 Å². The van der Waals surface area contributed by atoms with E-state index in [-0.39, 0.29) is 24.3 Å². The zero-order chi connectivity index (χ0) is 22.0. The van der Waals surface area contributed by atoms with E-state index < -0.39 is 17.4 Å². The Hall–Kier alpha value is -3.31. The van der Waals surface area contributed by atoms with Crippen LogP contribution in [0.3, 0.4) is 0 Å². The number of ether oxygens (including phenoxy) is 2. The van der Waals surface area contributed by atoms with E-state index in [1.807, 2.05) is 4.90 Å². The Kier molecular flexibility index (Phi) is 5.96. The van der Waals surface area contributed by atoms with Crippen molar-refractivity contribution in [3.05, 3.63) is 45.1 Å². The number of anilines is 1. The van der Waals surface area contributed by atoms with Crippen LogP contribution in [0.4, 0.5) is 5.95 Å². The van der Waals surface area contributed by atoms with E-state index in [2.05, 4.69) is 15.3 Å². The average molecular weight is 430 g/mol. The summed E-state index contributed by atoms with van der Waals surface area (Å²) in [4.78, 5) is 33.6. The van der Waals surface area contributed by atoms with E-state index in [4.69, 9.17) is 9.47 Å². The van der Waals surface area contributed by atoms with E-state index in [1.165, 1.54) is 4.57 Å². The number of H-pyrrole nitrogens is 1. The minimum Gasteiger partial charge on any atom is -0.497 e. The van der Waals surface area contributed by atoms with E-state index in [9.17, 15) is 14.7 Å². The summed E-state index contributed by atoms with van der Waals surface area (Å²) in [5.41, 5.74) is -0.530. The Labute approximate surface area is 177 Å². The number of methoxy groups -OCH3 is 1. The fraction of sp³-hybridized carbons (Fsp3) is 0.450. The van der Waals surface area contributed by atoms with E-state index >= 15 is 0 Å². The molecule has 11 nitrogen and oxygen atoms in total. The molecule has 11 heteroatoms. The number of hydrogen-bond donors (Lipinski definition) is 3. The second-order valence-corrected chi connectivity index (χ2v) is 7.39. The van der Waals surface area contributed by atoms with Gasteiger partial charge in [-0.2, -0.15) is 4.98 Å². The molecular weight excluding hydrogens is 404 g/mol. The summed E-state index contributed by atoms with van der Waals surface area (Å²) >= 11 is 0. The number of fused-ring (bicyclic) bond motifs is 1. The van der Waals surface area contributed by atoms with Gasteiger partial charge in [-0.25, -0.2) is 4.79 Å². The van der Waals surface area contributed by atoms with Crippen LogP contribution < -0.4 is 30.9 Å². The van der Waals surface area contributed by atoms with Gasteiger partial charge in [0, 0.05) is 33.2 Å². The fourth-order valence-corrected chi connectivity index (χ4v) is 3.63. The van der Waals surface area contributed by atoms with Gasteiger partial charge in [0.05, 0.1) is 13.7 Å². The zero-order valence-corrected chi connectivity index (χ0v) is 17.5. The second kappa shape index (κ2) is 8.82. The van der Waals surface area contributed by atoms with Crippen molar-refractivity contribution >= 4 is 17.1 Å². The van der Waals surface area contributed by atoms with Crippen molar-refractivity contribution in [3.63, 3.8) is 0 Å². The summed E-state index contributed by atoms with van der Waals surface area (Å²) in [6, 6.07) is 7.05. The Bertz CT molecular complexity index is 1160. The summed E-state index contributed by atoms with van der Waals surface area (Å²) in [5.74, 6) is 1.85. The first-order valence-corrected chi connectivity index (χ1v) is 10.1. The van der Waals surface area contributed by atoms with Crippen molar-refractivity contribution in [1.82, 2.24) is 24.4 Å². The third-order valence-corrected chi connectivity index (χ3v) is 5.28. The first-order valence-electron chi connectivity index (χ1n) is 10.1. The van der Waals surface area contributed by atoms with Crippen LogP contribution in [-0.2, 0) is 13.6 Å². The van der Waals surface area contributed by atoms with Crippen molar-refractivity contribution in [2.24, 2.45) is 7.05 Å². The predicted octanol–water partition coefficient (Wildman–Crippen LogP) is -0.719. The quantitative estimate of drug-likeness (QED) is 0.448. The average Bonchev–Trinajstić information content (AvgIpc) is 3.17. The van der Waals surface area contributed by atoms with Gasteiger partial charge in [-0.15, -0.1) is 0 Å². The van der Waals surface area contributed by atoms with Crippen molar-refractivity contribution in [2.75, 3.05) is 44.8 Å². The molecule has 1 aromatic carbocycles. The standard InChI is InChI=1S/C20H26N6O5/c1-24-17-16(18(28)23-20(24)29)26(19(22-17)25-9-7-21-8-10-25)11-13(27)12-31-15-5-3-14(30-2)4-6-15/h3-6,13,21,27H,7-12H2,1-2H3,(H,23,28,29).